The van der Waals surface area contributed by atoms with Gasteiger partial charge in [0.2, 0.25) is 5.91 Å². The number of rotatable bonds is 4. The summed E-state index contributed by atoms with van der Waals surface area (Å²) in [4.78, 5) is 13.7. The first-order chi connectivity index (χ1) is 10.1. The molecular formula is C16H22FN3O. The molecular weight excluding hydrogens is 269 g/mol. The van der Waals surface area contributed by atoms with Crippen LogP contribution in [0.3, 0.4) is 0 Å². The fourth-order valence-corrected chi connectivity index (χ4v) is 2.28. The Labute approximate surface area is 125 Å². The van der Waals surface area contributed by atoms with E-state index in [2.05, 4.69) is 10.6 Å². The Balaban J connectivity index is 2.00. The van der Waals surface area contributed by atoms with Gasteiger partial charge in [0, 0.05) is 38.3 Å². The SMILES string of the molecule is CC=C(C)C(=O)NCc1ccc(N2CCNCC2)c(F)c1. The molecule has 114 valence electrons. The predicted molar refractivity (Wildman–Crippen MR) is 82.8 cm³/mol. The Morgan fingerprint density at radius 3 is 2.76 bits per heavy atom. The van der Waals surface area contributed by atoms with E-state index in [1.807, 2.05) is 17.9 Å². The van der Waals surface area contributed by atoms with Crippen molar-refractivity contribution >= 4 is 11.6 Å². The number of carbonyl (C=O) groups is 1. The Morgan fingerprint density at radius 2 is 2.14 bits per heavy atom. The fraction of sp³-hybridized carbons (Fsp3) is 0.438. The lowest BCUT2D eigenvalue weighted by molar-refractivity contribution is -0.117. The highest BCUT2D eigenvalue weighted by Crippen LogP contribution is 2.21. The molecule has 2 N–H and O–H groups in total. The Morgan fingerprint density at radius 1 is 1.43 bits per heavy atom. The molecule has 0 spiro atoms. The third kappa shape index (κ3) is 4.04. The highest BCUT2D eigenvalue weighted by atomic mass is 19.1. The molecule has 1 amide bonds. The van der Waals surface area contributed by atoms with Gasteiger partial charge in [0.05, 0.1) is 5.69 Å². The van der Waals surface area contributed by atoms with E-state index in [0.29, 0.717) is 17.8 Å². The molecule has 0 unspecified atom stereocenters. The number of amides is 1. The van der Waals surface area contributed by atoms with Gasteiger partial charge in [0.1, 0.15) is 5.82 Å². The second kappa shape index (κ2) is 7.22. The Kier molecular flexibility index (Phi) is 5.33. The third-order valence-corrected chi connectivity index (χ3v) is 3.71. The van der Waals surface area contributed by atoms with Gasteiger partial charge in [0.15, 0.2) is 0 Å². The molecule has 1 saturated heterocycles. The number of piperazine rings is 1. The lowest BCUT2D eigenvalue weighted by Crippen LogP contribution is -2.43. The average Bonchev–Trinajstić information content (AvgIpc) is 2.52. The predicted octanol–water partition coefficient (Wildman–Crippen LogP) is 1.82. The van der Waals surface area contributed by atoms with Crippen molar-refractivity contribution in [1.29, 1.82) is 0 Å². The van der Waals surface area contributed by atoms with Crippen LogP contribution in [0, 0.1) is 5.82 Å². The number of halogens is 1. The van der Waals surface area contributed by atoms with E-state index in [0.717, 1.165) is 31.7 Å². The smallest absolute Gasteiger partial charge is 0.246 e. The lowest BCUT2D eigenvalue weighted by Gasteiger charge is -2.29. The molecule has 0 atom stereocenters. The van der Waals surface area contributed by atoms with Gasteiger partial charge < -0.3 is 15.5 Å². The van der Waals surface area contributed by atoms with Gasteiger partial charge >= 0.3 is 0 Å². The molecule has 5 heteroatoms. The maximum absolute atomic E-state index is 14.2. The van der Waals surface area contributed by atoms with Crippen LogP contribution in [0.15, 0.2) is 29.8 Å². The zero-order valence-electron chi connectivity index (χ0n) is 12.6. The molecule has 0 bridgehead atoms. The number of benzene rings is 1. The van der Waals surface area contributed by atoms with Crippen LogP contribution in [0.5, 0.6) is 0 Å². The summed E-state index contributed by atoms with van der Waals surface area (Å²) < 4.78 is 14.2. The van der Waals surface area contributed by atoms with Crippen LogP contribution >= 0.6 is 0 Å². The third-order valence-electron chi connectivity index (χ3n) is 3.71. The van der Waals surface area contributed by atoms with Crippen molar-refractivity contribution in [3.05, 3.63) is 41.2 Å². The lowest BCUT2D eigenvalue weighted by atomic mass is 10.1. The second-order valence-corrected chi connectivity index (χ2v) is 5.18. The molecule has 1 aliphatic heterocycles. The van der Waals surface area contributed by atoms with Crippen molar-refractivity contribution in [2.24, 2.45) is 0 Å². The van der Waals surface area contributed by atoms with Crippen LogP contribution in [-0.2, 0) is 11.3 Å². The number of nitrogens with one attached hydrogen (secondary N) is 2. The van der Waals surface area contributed by atoms with E-state index in [9.17, 15) is 9.18 Å². The topological polar surface area (TPSA) is 44.4 Å². The molecule has 0 aromatic heterocycles. The largest absolute Gasteiger partial charge is 0.367 e. The molecule has 4 nitrogen and oxygen atoms in total. The van der Waals surface area contributed by atoms with E-state index < -0.39 is 0 Å². The summed E-state index contributed by atoms with van der Waals surface area (Å²) in [5.74, 6) is -0.351. The van der Waals surface area contributed by atoms with Crippen LogP contribution in [0.2, 0.25) is 0 Å². The van der Waals surface area contributed by atoms with Crippen molar-refractivity contribution in [2.45, 2.75) is 20.4 Å². The molecule has 1 heterocycles. The molecule has 0 saturated carbocycles. The zero-order valence-corrected chi connectivity index (χ0v) is 12.6. The van der Waals surface area contributed by atoms with Crippen LogP contribution in [0.1, 0.15) is 19.4 Å². The summed E-state index contributed by atoms with van der Waals surface area (Å²) in [6.07, 6.45) is 1.75. The number of carbonyl (C=O) groups excluding carboxylic acids is 1. The summed E-state index contributed by atoms with van der Waals surface area (Å²) in [6.45, 7) is 7.28. The van der Waals surface area contributed by atoms with Crippen LogP contribution < -0.4 is 15.5 Å². The van der Waals surface area contributed by atoms with Gasteiger partial charge in [-0.25, -0.2) is 4.39 Å². The number of anilines is 1. The summed E-state index contributed by atoms with van der Waals surface area (Å²) >= 11 is 0. The minimum Gasteiger partial charge on any atom is -0.367 e. The quantitative estimate of drug-likeness (QED) is 0.832. The first-order valence-electron chi connectivity index (χ1n) is 7.27. The maximum atomic E-state index is 14.2. The first-order valence-corrected chi connectivity index (χ1v) is 7.27. The van der Waals surface area contributed by atoms with Crippen molar-refractivity contribution in [3.8, 4) is 0 Å². The van der Waals surface area contributed by atoms with Gasteiger partial charge in [-0.2, -0.15) is 0 Å². The van der Waals surface area contributed by atoms with Crippen LogP contribution in [-0.4, -0.2) is 32.1 Å². The Hall–Kier alpha value is -1.88. The summed E-state index contributed by atoms with van der Waals surface area (Å²) in [6, 6.07) is 5.17. The second-order valence-electron chi connectivity index (χ2n) is 5.18. The molecule has 0 aliphatic carbocycles. The minimum absolute atomic E-state index is 0.121. The highest BCUT2D eigenvalue weighted by molar-refractivity contribution is 5.92. The summed E-state index contributed by atoms with van der Waals surface area (Å²) in [5, 5.41) is 6.03. The van der Waals surface area contributed by atoms with Gasteiger partial charge in [-0.15, -0.1) is 0 Å². The van der Waals surface area contributed by atoms with Gasteiger partial charge in [0.25, 0.3) is 0 Å². The normalized spacial score (nSPS) is 16.0. The van der Waals surface area contributed by atoms with E-state index >= 15 is 0 Å². The number of hydrogen-bond acceptors (Lipinski definition) is 3. The molecule has 1 fully saturated rings. The Bertz CT molecular complexity index is 536. The van der Waals surface area contributed by atoms with Gasteiger partial charge in [-0.05, 0) is 31.5 Å². The first kappa shape index (κ1) is 15.5. The van der Waals surface area contributed by atoms with Crippen molar-refractivity contribution in [2.75, 3.05) is 31.1 Å². The van der Waals surface area contributed by atoms with Gasteiger partial charge in [-0.1, -0.05) is 12.1 Å². The van der Waals surface area contributed by atoms with Gasteiger partial charge in [-0.3, -0.25) is 4.79 Å². The fourth-order valence-electron chi connectivity index (χ4n) is 2.28. The maximum Gasteiger partial charge on any atom is 0.246 e. The van der Waals surface area contributed by atoms with Crippen molar-refractivity contribution in [3.63, 3.8) is 0 Å². The average molecular weight is 291 g/mol. The minimum atomic E-state index is -0.230. The molecule has 21 heavy (non-hydrogen) atoms. The van der Waals surface area contributed by atoms with E-state index in [4.69, 9.17) is 0 Å². The number of hydrogen-bond donors (Lipinski definition) is 2. The number of nitrogens with zero attached hydrogens (tertiary/aromatic N) is 1. The van der Waals surface area contributed by atoms with E-state index in [1.165, 1.54) is 6.07 Å². The molecule has 0 radical (unpaired) electrons. The summed E-state index contributed by atoms with van der Waals surface area (Å²) in [5.41, 5.74) is 2.06. The van der Waals surface area contributed by atoms with E-state index in [1.54, 1.807) is 19.1 Å². The number of allylic oxidation sites excluding steroid dienone is 1. The monoisotopic (exact) mass is 291 g/mol. The highest BCUT2D eigenvalue weighted by Gasteiger charge is 2.14. The van der Waals surface area contributed by atoms with Crippen LogP contribution in [0.4, 0.5) is 10.1 Å². The standard InChI is InChI=1S/C16H22FN3O/c1-3-12(2)16(21)19-11-13-4-5-15(14(17)10-13)20-8-6-18-7-9-20/h3-5,10,18H,6-9,11H2,1-2H3,(H,19,21). The van der Waals surface area contributed by atoms with Crippen molar-refractivity contribution in [1.82, 2.24) is 10.6 Å². The van der Waals surface area contributed by atoms with Crippen LogP contribution in [0.25, 0.3) is 0 Å². The molecule has 1 aromatic rings. The van der Waals surface area contributed by atoms with Crippen molar-refractivity contribution < 1.29 is 9.18 Å². The zero-order chi connectivity index (χ0) is 15.2. The molecule has 1 aliphatic rings. The molecule has 1 aromatic carbocycles. The van der Waals surface area contributed by atoms with E-state index in [-0.39, 0.29) is 11.7 Å². The summed E-state index contributed by atoms with van der Waals surface area (Å²) in [7, 11) is 0. The molecule has 2 rings (SSSR count).